The highest BCUT2D eigenvalue weighted by Gasteiger charge is 2.20. The molecule has 0 saturated heterocycles. The van der Waals surface area contributed by atoms with Crippen LogP contribution in [0.3, 0.4) is 0 Å². The molecule has 0 fully saturated rings. The van der Waals surface area contributed by atoms with E-state index in [2.05, 4.69) is 50.4 Å². The molecule has 1 N–H and O–H groups in total. The fourth-order valence-corrected chi connectivity index (χ4v) is 2.12. The summed E-state index contributed by atoms with van der Waals surface area (Å²) in [4.78, 5) is 13.8. The number of aryl methyl sites for hydroxylation is 1. The van der Waals surface area contributed by atoms with Crippen molar-refractivity contribution in [3.8, 4) is 0 Å². The predicted octanol–water partition coefficient (Wildman–Crippen LogP) is 2.59. The normalized spacial score (nSPS) is 12.5. The van der Waals surface area contributed by atoms with Gasteiger partial charge < -0.3 is 10.2 Å². The Balaban J connectivity index is 2.65. The zero-order valence-corrected chi connectivity index (χ0v) is 12.7. The van der Waals surface area contributed by atoms with E-state index < -0.39 is 0 Å². The second-order valence-corrected chi connectivity index (χ2v) is 5.78. The van der Waals surface area contributed by atoms with Gasteiger partial charge in [0.2, 0.25) is 5.91 Å². The number of rotatable bonds is 6. The SMILES string of the molecule is Cc1cccc(CNC(CC(C)C)C(=O)N(C)C)c1. The smallest absolute Gasteiger partial charge is 0.239 e. The highest BCUT2D eigenvalue weighted by molar-refractivity contribution is 5.81. The van der Waals surface area contributed by atoms with E-state index in [1.807, 2.05) is 14.1 Å². The molecule has 0 radical (unpaired) electrons. The van der Waals surface area contributed by atoms with Crippen molar-refractivity contribution in [1.29, 1.82) is 0 Å². The molecule has 0 spiro atoms. The summed E-state index contributed by atoms with van der Waals surface area (Å²) in [6.07, 6.45) is 0.864. The molecule has 1 aromatic carbocycles. The average Bonchev–Trinajstić information content (AvgIpc) is 2.33. The zero-order valence-electron chi connectivity index (χ0n) is 12.7. The van der Waals surface area contributed by atoms with Gasteiger partial charge in [0.1, 0.15) is 0 Å². The first-order valence-corrected chi connectivity index (χ1v) is 6.90. The summed E-state index contributed by atoms with van der Waals surface area (Å²) in [5.41, 5.74) is 2.47. The van der Waals surface area contributed by atoms with Gasteiger partial charge in [0.05, 0.1) is 6.04 Å². The summed E-state index contributed by atoms with van der Waals surface area (Å²) in [5, 5.41) is 3.38. The summed E-state index contributed by atoms with van der Waals surface area (Å²) in [6, 6.07) is 8.28. The summed E-state index contributed by atoms with van der Waals surface area (Å²) < 4.78 is 0. The lowest BCUT2D eigenvalue weighted by Crippen LogP contribution is -2.44. The molecule has 0 aliphatic carbocycles. The van der Waals surface area contributed by atoms with Gasteiger partial charge in [-0.1, -0.05) is 43.7 Å². The Kier molecular flexibility index (Phi) is 6.03. The van der Waals surface area contributed by atoms with Gasteiger partial charge >= 0.3 is 0 Å². The predicted molar refractivity (Wildman–Crippen MR) is 80.0 cm³/mol. The molecule has 3 heteroatoms. The highest BCUT2D eigenvalue weighted by Crippen LogP contribution is 2.09. The number of carbonyl (C=O) groups is 1. The van der Waals surface area contributed by atoms with Crippen molar-refractivity contribution in [3.63, 3.8) is 0 Å². The van der Waals surface area contributed by atoms with Crippen molar-refractivity contribution in [2.75, 3.05) is 14.1 Å². The molecule has 0 heterocycles. The molecule has 1 aromatic rings. The van der Waals surface area contributed by atoms with E-state index in [0.717, 1.165) is 13.0 Å². The minimum absolute atomic E-state index is 0.101. The number of carbonyl (C=O) groups excluding carboxylic acids is 1. The topological polar surface area (TPSA) is 32.3 Å². The molecule has 0 saturated carbocycles. The summed E-state index contributed by atoms with van der Waals surface area (Å²) in [5.74, 6) is 0.653. The molecular formula is C16H26N2O. The third kappa shape index (κ3) is 5.43. The lowest BCUT2D eigenvalue weighted by atomic mass is 10.0. The van der Waals surface area contributed by atoms with Gasteiger partial charge in [-0.2, -0.15) is 0 Å². The van der Waals surface area contributed by atoms with Crippen LogP contribution in [-0.4, -0.2) is 30.9 Å². The van der Waals surface area contributed by atoms with E-state index in [1.165, 1.54) is 11.1 Å². The Bertz CT molecular complexity index is 413. The van der Waals surface area contributed by atoms with Crippen LogP contribution in [0.25, 0.3) is 0 Å². The third-order valence-electron chi connectivity index (χ3n) is 3.08. The van der Waals surface area contributed by atoms with E-state index >= 15 is 0 Å². The van der Waals surface area contributed by atoms with E-state index in [-0.39, 0.29) is 11.9 Å². The van der Waals surface area contributed by atoms with Crippen molar-refractivity contribution in [2.24, 2.45) is 5.92 Å². The number of nitrogens with one attached hydrogen (secondary N) is 1. The molecule has 1 rings (SSSR count). The minimum Gasteiger partial charge on any atom is -0.347 e. The van der Waals surface area contributed by atoms with Crippen LogP contribution in [0.5, 0.6) is 0 Å². The van der Waals surface area contributed by atoms with E-state index in [4.69, 9.17) is 0 Å². The number of hydrogen-bond acceptors (Lipinski definition) is 2. The van der Waals surface area contributed by atoms with Gasteiger partial charge in [-0.05, 0) is 24.8 Å². The molecule has 1 atom stereocenters. The minimum atomic E-state index is -0.101. The number of benzene rings is 1. The van der Waals surface area contributed by atoms with Crippen molar-refractivity contribution in [2.45, 2.75) is 39.8 Å². The second-order valence-electron chi connectivity index (χ2n) is 5.78. The van der Waals surface area contributed by atoms with E-state index in [9.17, 15) is 4.79 Å². The first-order valence-electron chi connectivity index (χ1n) is 6.90. The Morgan fingerprint density at radius 3 is 2.53 bits per heavy atom. The Hall–Kier alpha value is -1.35. The summed E-state index contributed by atoms with van der Waals surface area (Å²) in [6.45, 7) is 7.10. The Labute approximate surface area is 117 Å². The van der Waals surface area contributed by atoms with Crippen molar-refractivity contribution >= 4 is 5.91 Å². The zero-order chi connectivity index (χ0) is 14.4. The Morgan fingerprint density at radius 2 is 2.00 bits per heavy atom. The van der Waals surface area contributed by atoms with Gasteiger partial charge in [0.25, 0.3) is 0 Å². The van der Waals surface area contributed by atoms with Crippen molar-refractivity contribution in [3.05, 3.63) is 35.4 Å². The van der Waals surface area contributed by atoms with Crippen molar-refractivity contribution < 1.29 is 4.79 Å². The lowest BCUT2D eigenvalue weighted by molar-refractivity contribution is -0.131. The summed E-state index contributed by atoms with van der Waals surface area (Å²) >= 11 is 0. The van der Waals surface area contributed by atoms with Gasteiger partial charge in [-0.15, -0.1) is 0 Å². The quantitative estimate of drug-likeness (QED) is 0.854. The maximum atomic E-state index is 12.1. The maximum Gasteiger partial charge on any atom is 0.239 e. The van der Waals surface area contributed by atoms with Crippen LogP contribution in [0.2, 0.25) is 0 Å². The Morgan fingerprint density at radius 1 is 1.32 bits per heavy atom. The number of hydrogen-bond donors (Lipinski definition) is 1. The van der Waals surface area contributed by atoms with Crippen LogP contribution in [0, 0.1) is 12.8 Å². The van der Waals surface area contributed by atoms with Crippen LogP contribution in [0.15, 0.2) is 24.3 Å². The molecule has 0 aromatic heterocycles. The van der Waals surface area contributed by atoms with Gasteiger partial charge in [0.15, 0.2) is 0 Å². The molecule has 0 aliphatic rings. The molecule has 0 aliphatic heterocycles. The lowest BCUT2D eigenvalue weighted by Gasteiger charge is -2.23. The second kappa shape index (κ2) is 7.29. The summed E-state index contributed by atoms with van der Waals surface area (Å²) in [7, 11) is 3.62. The van der Waals surface area contributed by atoms with E-state index in [0.29, 0.717) is 5.92 Å². The van der Waals surface area contributed by atoms with Crippen LogP contribution < -0.4 is 5.32 Å². The van der Waals surface area contributed by atoms with Crippen LogP contribution in [0.4, 0.5) is 0 Å². The maximum absolute atomic E-state index is 12.1. The first-order chi connectivity index (χ1) is 8.90. The largest absolute Gasteiger partial charge is 0.347 e. The molecule has 1 amide bonds. The molecule has 19 heavy (non-hydrogen) atoms. The molecule has 3 nitrogen and oxygen atoms in total. The first kappa shape index (κ1) is 15.7. The van der Waals surface area contributed by atoms with Gasteiger partial charge in [-0.3, -0.25) is 4.79 Å². The van der Waals surface area contributed by atoms with Crippen LogP contribution >= 0.6 is 0 Å². The monoisotopic (exact) mass is 262 g/mol. The van der Waals surface area contributed by atoms with Gasteiger partial charge in [0, 0.05) is 20.6 Å². The fourth-order valence-electron chi connectivity index (χ4n) is 2.12. The average molecular weight is 262 g/mol. The standard InChI is InChI=1S/C16H26N2O/c1-12(2)9-15(16(19)18(4)5)17-11-14-8-6-7-13(3)10-14/h6-8,10,12,15,17H,9,11H2,1-5H3. The van der Waals surface area contributed by atoms with Gasteiger partial charge in [-0.25, -0.2) is 0 Å². The molecule has 106 valence electrons. The molecule has 1 unspecified atom stereocenters. The number of amides is 1. The molecular weight excluding hydrogens is 236 g/mol. The van der Waals surface area contributed by atoms with Crippen molar-refractivity contribution in [1.82, 2.24) is 10.2 Å². The van der Waals surface area contributed by atoms with Crippen LogP contribution in [0.1, 0.15) is 31.4 Å². The molecule has 0 bridgehead atoms. The van der Waals surface area contributed by atoms with Crippen LogP contribution in [-0.2, 0) is 11.3 Å². The fraction of sp³-hybridized carbons (Fsp3) is 0.562. The van der Waals surface area contributed by atoms with E-state index in [1.54, 1.807) is 4.90 Å². The number of likely N-dealkylation sites (N-methyl/N-ethyl adjacent to an activating group) is 1. The highest BCUT2D eigenvalue weighted by atomic mass is 16.2. The number of nitrogens with zero attached hydrogens (tertiary/aromatic N) is 1. The third-order valence-corrected chi connectivity index (χ3v) is 3.08.